The SMILES string of the molecule is CC.CCC1(C(C)C)CCN(CC(F)(F)F)CC1. The van der Waals surface area contributed by atoms with Crippen molar-refractivity contribution < 1.29 is 13.2 Å². The van der Waals surface area contributed by atoms with Crippen molar-refractivity contribution in [1.29, 1.82) is 0 Å². The Morgan fingerprint density at radius 3 is 1.83 bits per heavy atom. The van der Waals surface area contributed by atoms with Gasteiger partial charge in [-0.2, -0.15) is 13.2 Å². The first-order chi connectivity index (χ1) is 8.29. The third kappa shape index (κ3) is 5.17. The quantitative estimate of drug-likeness (QED) is 0.715. The molecular formula is C14H28F3N. The topological polar surface area (TPSA) is 3.24 Å². The molecule has 0 aromatic rings. The van der Waals surface area contributed by atoms with Crippen molar-refractivity contribution >= 4 is 0 Å². The van der Waals surface area contributed by atoms with Crippen LogP contribution in [0.15, 0.2) is 0 Å². The maximum absolute atomic E-state index is 12.2. The maximum Gasteiger partial charge on any atom is 0.401 e. The average molecular weight is 267 g/mol. The number of likely N-dealkylation sites (tertiary alicyclic amines) is 1. The van der Waals surface area contributed by atoms with Crippen LogP contribution in [-0.2, 0) is 0 Å². The molecule has 0 aromatic carbocycles. The van der Waals surface area contributed by atoms with Gasteiger partial charge in [-0.15, -0.1) is 0 Å². The molecule has 1 aliphatic heterocycles. The van der Waals surface area contributed by atoms with Crippen LogP contribution in [0.5, 0.6) is 0 Å². The predicted molar refractivity (Wildman–Crippen MR) is 70.6 cm³/mol. The van der Waals surface area contributed by atoms with E-state index in [9.17, 15) is 13.2 Å². The van der Waals surface area contributed by atoms with Gasteiger partial charge in [0.25, 0.3) is 0 Å². The minimum atomic E-state index is -4.05. The van der Waals surface area contributed by atoms with E-state index < -0.39 is 12.7 Å². The van der Waals surface area contributed by atoms with Gasteiger partial charge in [0.1, 0.15) is 0 Å². The molecule has 0 amide bonds. The van der Waals surface area contributed by atoms with Crippen LogP contribution in [0.4, 0.5) is 13.2 Å². The summed E-state index contributed by atoms with van der Waals surface area (Å²) in [4.78, 5) is 1.54. The molecule has 1 nitrogen and oxygen atoms in total. The zero-order chi connectivity index (χ0) is 14.4. The van der Waals surface area contributed by atoms with Crippen LogP contribution >= 0.6 is 0 Å². The first kappa shape index (κ1) is 17.8. The summed E-state index contributed by atoms with van der Waals surface area (Å²) < 4.78 is 36.7. The molecule has 1 rings (SSSR count). The van der Waals surface area contributed by atoms with Crippen molar-refractivity contribution in [1.82, 2.24) is 4.90 Å². The van der Waals surface area contributed by atoms with Gasteiger partial charge < -0.3 is 0 Å². The van der Waals surface area contributed by atoms with E-state index in [1.807, 2.05) is 13.8 Å². The van der Waals surface area contributed by atoms with Crippen molar-refractivity contribution in [2.45, 2.75) is 60.1 Å². The lowest BCUT2D eigenvalue weighted by molar-refractivity contribution is -0.151. The summed E-state index contributed by atoms with van der Waals surface area (Å²) in [5.41, 5.74) is 0.266. The molecule has 1 aliphatic rings. The monoisotopic (exact) mass is 267 g/mol. The van der Waals surface area contributed by atoms with E-state index in [-0.39, 0.29) is 5.41 Å². The zero-order valence-electron chi connectivity index (χ0n) is 12.4. The predicted octanol–water partition coefficient (Wildman–Crippen LogP) is 4.72. The highest BCUT2D eigenvalue weighted by Gasteiger charge is 2.38. The summed E-state index contributed by atoms with van der Waals surface area (Å²) >= 11 is 0. The minimum Gasteiger partial charge on any atom is -0.295 e. The number of rotatable bonds is 3. The Morgan fingerprint density at radius 1 is 1.11 bits per heavy atom. The lowest BCUT2D eigenvalue weighted by atomic mass is 9.68. The molecule has 1 heterocycles. The second kappa shape index (κ2) is 7.37. The van der Waals surface area contributed by atoms with E-state index in [0.717, 1.165) is 19.3 Å². The van der Waals surface area contributed by atoms with Gasteiger partial charge in [-0.1, -0.05) is 41.0 Å². The van der Waals surface area contributed by atoms with Crippen LogP contribution < -0.4 is 0 Å². The first-order valence-electron chi connectivity index (χ1n) is 7.08. The van der Waals surface area contributed by atoms with Crippen LogP contribution in [0.2, 0.25) is 0 Å². The smallest absolute Gasteiger partial charge is 0.295 e. The molecule has 0 spiro atoms. The number of hydrogen-bond donors (Lipinski definition) is 0. The number of alkyl halides is 3. The summed E-state index contributed by atoms with van der Waals surface area (Å²) in [6, 6.07) is 0. The van der Waals surface area contributed by atoms with Gasteiger partial charge in [0, 0.05) is 0 Å². The molecule has 1 fully saturated rings. The molecule has 1 saturated heterocycles. The molecule has 0 unspecified atom stereocenters. The van der Waals surface area contributed by atoms with E-state index in [0.29, 0.717) is 19.0 Å². The molecular weight excluding hydrogens is 239 g/mol. The molecule has 0 atom stereocenters. The largest absolute Gasteiger partial charge is 0.401 e. The molecule has 0 aromatic heterocycles. The van der Waals surface area contributed by atoms with Crippen molar-refractivity contribution in [3.05, 3.63) is 0 Å². The van der Waals surface area contributed by atoms with Crippen molar-refractivity contribution in [2.75, 3.05) is 19.6 Å². The van der Waals surface area contributed by atoms with Crippen molar-refractivity contribution in [3.8, 4) is 0 Å². The second-order valence-corrected chi connectivity index (χ2v) is 5.26. The molecule has 4 heteroatoms. The van der Waals surface area contributed by atoms with Gasteiger partial charge in [-0.25, -0.2) is 0 Å². The van der Waals surface area contributed by atoms with Crippen LogP contribution in [0.1, 0.15) is 53.9 Å². The van der Waals surface area contributed by atoms with Gasteiger partial charge in [0.2, 0.25) is 0 Å². The lowest BCUT2D eigenvalue weighted by Gasteiger charge is -2.44. The summed E-state index contributed by atoms with van der Waals surface area (Å²) in [6.07, 6.45) is -1.18. The van der Waals surface area contributed by atoms with Gasteiger partial charge in [0.05, 0.1) is 6.54 Å². The third-order valence-electron chi connectivity index (χ3n) is 4.18. The fraction of sp³-hybridized carbons (Fsp3) is 1.00. The van der Waals surface area contributed by atoms with Gasteiger partial charge in [-0.3, -0.25) is 4.90 Å². The van der Waals surface area contributed by atoms with E-state index in [1.54, 1.807) is 0 Å². The van der Waals surface area contributed by atoms with Crippen molar-refractivity contribution in [2.24, 2.45) is 11.3 Å². The lowest BCUT2D eigenvalue weighted by Crippen LogP contribution is -2.45. The standard InChI is InChI=1S/C12H22F3N.C2H6/c1-4-11(10(2)3)5-7-16(8-6-11)9-12(13,14)15;1-2/h10H,4-9H2,1-3H3;1-2H3. The van der Waals surface area contributed by atoms with E-state index >= 15 is 0 Å². The fourth-order valence-electron chi connectivity index (χ4n) is 2.75. The molecule has 0 aliphatic carbocycles. The van der Waals surface area contributed by atoms with Gasteiger partial charge in [0.15, 0.2) is 0 Å². The van der Waals surface area contributed by atoms with E-state index in [4.69, 9.17) is 0 Å². The van der Waals surface area contributed by atoms with Crippen LogP contribution in [0.3, 0.4) is 0 Å². The summed E-state index contributed by atoms with van der Waals surface area (Å²) in [6.45, 7) is 11.0. The highest BCUT2D eigenvalue weighted by Crippen LogP contribution is 2.41. The van der Waals surface area contributed by atoms with E-state index in [2.05, 4.69) is 20.8 Å². The third-order valence-corrected chi connectivity index (χ3v) is 4.18. The Morgan fingerprint density at radius 2 is 1.56 bits per heavy atom. The summed E-state index contributed by atoms with van der Waals surface area (Å²) in [5.74, 6) is 0.561. The number of halogens is 3. The number of hydrogen-bond acceptors (Lipinski definition) is 1. The Bertz CT molecular complexity index is 216. The van der Waals surface area contributed by atoms with Crippen molar-refractivity contribution in [3.63, 3.8) is 0 Å². The Balaban J connectivity index is 0.00000137. The fourth-order valence-corrected chi connectivity index (χ4v) is 2.75. The zero-order valence-corrected chi connectivity index (χ0v) is 12.4. The van der Waals surface area contributed by atoms with Crippen LogP contribution in [0, 0.1) is 11.3 Å². The number of nitrogens with zero attached hydrogens (tertiary/aromatic N) is 1. The van der Waals surface area contributed by atoms with E-state index in [1.165, 1.54) is 4.90 Å². The molecule has 0 saturated carbocycles. The molecule has 110 valence electrons. The average Bonchev–Trinajstić information content (AvgIpc) is 2.30. The highest BCUT2D eigenvalue weighted by molar-refractivity contribution is 4.87. The minimum absolute atomic E-state index is 0.266. The Kier molecular flexibility index (Phi) is 7.26. The molecule has 18 heavy (non-hydrogen) atoms. The Labute approximate surface area is 110 Å². The van der Waals surface area contributed by atoms with Crippen LogP contribution in [0.25, 0.3) is 0 Å². The highest BCUT2D eigenvalue weighted by atomic mass is 19.4. The Hall–Kier alpha value is -0.250. The normalized spacial score (nSPS) is 20.5. The molecule has 0 N–H and O–H groups in total. The molecule has 0 radical (unpaired) electrons. The van der Waals surface area contributed by atoms with Crippen LogP contribution in [-0.4, -0.2) is 30.7 Å². The second-order valence-electron chi connectivity index (χ2n) is 5.26. The number of piperidine rings is 1. The van der Waals surface area contributed by atoms with Gasteiger partial charge >= 0.3 is 6.18 Å². The first-order valence-corrected chi connectivity index (χ1v) is 7.08. The molecule has 0 bridgehead atoms. The summed E-state index contributed by atoms with van der Waals surface area (Å²) in [7, 11) is 0. The summed E-state index contributed by atoms with van der Waals surface area (Å²) in [5, 5.41) is 0. The maximum atomic E-state index is 12.2. The van der Waals surface area contributed by atoms with Gasteiger partial charge in [-0.05, 0) is 37.3 Å².